The molecular formula is C27H21NO. The maximum absolute atomic E-state index is 6.40. The molecule has 1 heterocycles. The molecule has 2 heteroatoms. The van der Waals surface area contributed by atoms with Gasteiger partial charge in [0.25, 0.3) is 0 Å². The lowest BCUT2D eigenvalue weighted by Gasteiger charge is -2.18. The maximum Gasteiger partial charge on any atom is 0.217 e. The smallest absolute Gasteiger partial charge is 0.217 e. The van der Waals surface area contributed by atoms with Crippen molar-refractivity contribution < 1.29 is 4.74 Å². The highest BCUT2D eigenvalue weighted by atomic mass is 16.5. The zero-order valence-corrected chi connectivity index (χ0v) is 16.0. The van der Waals surface area contributed by atoms with Crippen LogP contribution in [-0.2, 0) is 4.74 Å². The lowest BCUT2D eigenvalue weighted by Crippen LogP contribution is -2.09. The van der Waals surface area contributed by atoms with E-state index in [0.717, 1.165) is 16.7 Å². The van der Waals surface area contributed by atoms with E-state index in [4.69, 9.17) is 9.73 Å². The summed E-state index contributed by atoms with van der Waals surface area (Å²) in [6.07, 6.45) is -0.123. The third-order valence-corrected chi connectivity index (χ3v) is 5.29. The van der Waals surface area contributed by atoms with E-state index in [1.54, 1.807) is 0 Å². The topological polar surface area (TPSA) is 21.6 Å². The summed E-state index contributed by atoms with van der Waals surface area (Å²) in [6.45, 7) is 0. The quantitative estimate of drug-likeness (QED) is 0.393. The Labute approximate surface area is 171 Å². The van der Waals surface area contributed by atoms with Gasteiger partial charge in [-0.1, -0.05) is 103 Å². The first kappa shape index (κ1) is 17.4. The minimum atomic E-state index is -0.123. The van der Waals surface area contributed by atoms with Crippen LogP contribution in [0.4, 0.5) is 0 Å². The van der Waals surface area contributed by atoms with Gasteiger partial charge in [-0.3, -0.25) is 0 Å². The summed E-state index contributed by atoms with van der Waals surface area (Å²) in [5.74, 6) is 0.701. The molecule has 140 valence electrons. The molecule has 2 nitrogen and oxygen atoms in total. The summed E-state index contributed by atoms with van der Waals surface area (Å²) in [5.41, 5.74) is 5.70. The molecule has 2 atom stereocenters. The molecule has 0 fully saturated rings. The average Bonchev–Trinajstić information content (AvgIpc) is 3.27. The summed E-state index contributed by atoms with van der Waals surface area (Å²) in [6, 6.07) is 39.5. The number of rotatable bonds is 4. The van der Waals surface area contributed by atoms with Gasteiger partial charge in [0.1, 0.15) is 6.04 Å². The number of nitrogens with zero attached hydrogens (tertiary/aromatic N) is 1. The first-order chi connectivity index (χ1) is 14.4. The van der Waals surface area contributed by atoms with E-state index in [2.05, 4.69) is 84.9 Å². The van der Waals surface area contributed by atoms with Gasteiger partial charge < -0.3 is 4.74 Å². The minimum Gasteiger partial charge on any atom is -0.467 e. The Morgan fingerprint density at radius 2 is 0.966 bits per heavy atom. The largest absolute Gasteiger partial charge is 0.467 e. The highest BCUT2D eigenvalue weighted by Gasteiger charge is 2.33. The normalized spacial score (nSPS) is 18.1. The highest BCUT2D eigenvalue weighted by molar-refractivity contribution is 5.96. The molecule has 0 saturated carbocycles. The molecule has 0 spiro atoms. The monoisotopic (exact) mass is 375 g/mol. The van der Waals surface area contributed by atoms with Gasteiger partial charge in [-0.15, -0.1) is 0 Å². The molecule has 0 saturated heterocycles. The van der Waals surface area contributed by atoms with Gasteiger partial charge in [0.05, 0.1) is 0 Å². The summed E-state index contributed by atoms with van der Waals surface area (Å²) in [7, 11) is 0. The van der Waals surface area contributed by atoms with Crippen molar-refractivity contribution in [2.24, 2.45) is 4.99 Å². The summed E-state index contributed by atoms with van der Waals surface area (Å²) >= 11 is 0. The van der Waals surface area contributed by atoms with Crippen molar-refractivity contribution in [1.29, 1.82) is 0 Å². The number of aliphatic imine (C=N–C) groups is 1. The highest BCUT2D eigenvalue weighted by Crippen LogP contribution is 2.41. The Morgan fingerprint density at radius 1 is 0.483 bits per heavy atom. The van der Waals surface area contributed by atoms with Crippen LogP contribution in [0.5, 0.6) is 0 Å². The molecule has 1 aliphatic heterocycles. The van der Waals surface area contributed by atoms with E-state index in [-0.39, 0.29) is 12.1 Å². The lowest BCUT2D eigenvalue weighted by molar-refractivity contribution is 0.197. The zero-order valence-electron chi connectivity index (χ0n) is 16.0. The standard InChI is InChI=1S/C27H21NO/c1-4-10-20(11-5-1)21-16-18-24(19-17-21)27-28-25(22-12-6-2-7-13-22)26(29-27)23-14-8-3-9-15-23/h1-19,25-26H/t25-,26-/m1/s1. The fourth-order valence-electron chi connectivity index (χ4n) is 3.78. The van der Waals surface area contributed by atoms with Crippen molar-refractivity contribution in [3.8, 4) is 11.1 Å². The molecule has 5 rings (SSSR count). The van der Waals surface area contributed by atoms with E-state index in [1.165, 1.54) is 11.1 Å². The number of ether oxygens (including phenoxy) is 1. The second-order valence-electron chi connectivity index (χ2n) is 7.18. The fraction of sp³-hybridized carbons (Fsp3) is 0.0741. The molecule has 4 aromatic carbocycles. The van der Waals surface area contributed by atoms with Gasteiger partial charge in [0.15, 0.2) is 6.10 Å². The Hall–Kier alpha value is -3.65. The zero-order chi connectivity index (χ0) is 19.5. The van der Waals surface area contributed by atoms with Gasteiger partial charge in [-0.05, 0) is 34.4 Å². The van der Waals surface area contributed by atoms with Crippen LogP contribution in [0.1, 0.15) is 28.8 Å². The van der Waals surface area contributed by atoms with Crippen LogP contribution in [0.3, 0.4) is 0 Å². The molecule has 0 bridgehead atoms. The van der Waals surface area contributed by atoms with Gasteiger partial charge in [0, 0.05) is 5.56 Å². The van der Waals surface area contributed by atoms with Crippen molar-refractivity contribution in [3.63, 3.8) is 0 Å². The van der Waals surface area contributed by atoms with Crippen LogP contribution in [0.2, 0.25) is 0 Å². The molecule has 4 aromatic rings. The van der Waals surface area contributed by atoms with Gasteiger partial charge >= 0.3 is 0 Å². The van der Waals surface area contributed by atoms with E-state index < -0.39 is 0 Å². The first-order valence-electron chi connectivity index (χ1n) is 9.89. The molecule has 0 N–H and O–H groups in total. The Balaban J connectivity index is 1.48. The molecule has 0 aromatic heterocycles. The molecular weight excluding hydrogens is 354 g/mol. The first-order valence-corrected chi connectivity index (χ1v) is 9.89. The van der Waals surface area contributed by atoms with Crippen LogP contribution in [0, 0.1) is 0 Å². The molecule has 0 aliphatic carbocycles. The van der Waals surface area contributed by atoms with Crippen LogP contribution in [0.15, 0.2) is 120 Å². The Morgan fingerprint density at radius 3 is 1.59 bits per heavy atom. The van der Waals surface area contributed by atoms with Crippen molar-refractivity contribution >= 4 is 5.90 Å². The second kappa shape index (κ2) is 7.76. The summed E-state index contributed by atoms with van der Waals surface area (Å²) in [5, 5.41) is 0. The molecule has 0 unspecified atom stereocenters. The van der Waals surface area contributed by atoms with E-state index >= 15 is 0 Å². The lowest BCUT2D eigenvalue weighted by atomic mass is 9.97. The fourth-order valence-corrected chi connectivity index (χ4v) is 3.78. The van der Waals surface area contributed by atoms with Crippen LogP contribution < -0.4 is 0 Å². The van der Waals surface area contributed by atoms with E-state index in [1.807, 2.05) is 30.3 Å². The average molecular weight is 375 g/mol. The van der Waals surface area contributed by atoms with E-state index in [0.29, 0.717) is 5.90 Å². The van der Waals surface area contributed by atoms with Crippen LogP contribution >= 0.6 is 0 Å². The number of hydrogen-bond donors (Lipinski definition) is 0. The molecule has 29 heavy (non-hydrogen) atoms. The van der Waals surface area contributed by atoms with Crippen molar-refractivity contribution in [2.45, 2.75) is 12.1 Å². The van der Waals surface area contributed by atoms with Crippen molar-refractivity contribution in [3.05, 3.63) is 132 Å². The third-order valence-electron chi connectivity index (χ3n) is 5.29. The summed E-state index contributed by atoms with van der Waals surface area (Å²) in [4.78, 5) is 4.98. The van der Waals surface area contributed by atoms with Crippen molar-refractivity contribution in [1.82, 2.24) is 0 Å². The maximum atomic E-state index is 6.40. The Kier molecular flexibility index (Phi) is 4.67. The summed E-state index contributed by atoms with van der Waals surface area (Å²) < 4.78 is 6.40. The number of benzene rings is 4. The minimum absolute atomic E-state index is 0.0533. The number of hydrogen-bond acceptors (Lipinski definition) is 2. The second-order valence-corrected chi connectivity index (χ2v) is 7.18. The van der Waals surface area contributed by atoms with Gasteiger partial charge in [-0.25, -0.2) is 4.99 Å². The van der Waals surface area contributed by atoms with Crippen LogP contribution in [-0.4, -0.2) is 5.90 Å². The molecule has 0 amide bonds. The third kappa shape index (κ3) is 3.57. The SMILES string of the molecule is c1ccc(-c2ccc(C3=N[C@H](c4ccccc4)[C@@H](c4ccccc4)O3)cc2)cc1. The van der Waals surface area contributed by atoms with Crippen molar-refractivity contribution in [2.75, 3.05) is 0 Å². The van der Waals surface area contributed by atoms with E-state index in [9.17, 15) is 0 Å². The molecule has 1 aliphatic rings. The Bertz CT molecular complexity index is 1100. The van der Waals surface area contributed by atoms with Gasteiger partial charge in [-0.2, -0.15) is 0 Å². The van der Waals surface area contributed by atoms with Crippen LogP contribution in [0.25, 0.3) is 11.1 Å². The molecule has 0 radical (unpaired) electrons. The predicted octanol–water partition coefficient (Wildman–Crippen LogP) is 6.61. The van der Waals surface area contributed by atoms with Gasteiger partial charge in [0.2, 0.25) is 5.90 Å². The predicted molar refractivity (Wildman–Crippen MR) is 118 cm³/mol.